The van der Waals surface area contributed by atoms with Crippen LogP contribution in [0.3, 0.4) is 0 Å². The fourth-order valence-corrected chi connectivity index (χ4v) is 5.12. The van der Waals surface area contributed by atoms with Crippen molar-refractivity contribution in [2.75, 3.05) is 20.3 Å². The first-order chi connectivity index (χ1) is 15.9. The molecule has 2 aliphatic rings. The maximum Gasteiger partial charge on any atom is 0.513 e. The standard InChI is InChI=1S/C24H27BrClNO6/c1-4-11-32-16-7-6-9-24(14-16)21(33-23(29)31-5-2)20(22(28)27-24)19-17(25)12-15(8-10-26)13-18(19)30-3/h12-13,16H,4-7,9,11,14H2,1-3H3,(H,27,28). The lowest BCUT2D eigenvalue weighted by Gasteiger charge is -2.38. The summed E-state index contributed by atoms with van der Waals surface area (Å²) >= 11 is 9.09. The zero-order chi connectivity index (χ0) is 24.0. The largest absolute Gasteiger partial charge is 0.513 e. The van der Waals surface area contributed by atoms with Gasteiger partial charge >= 0.3 is 6.16 Å². The van der Waals surface area contributed by atoms with Crippen LogP contribution < -0.4 is 10.1 Å². The van der Waals surface area contributed by atoms with Gasteiger partial charge in [-0.15, -0.1) is 0 Å². The first-order valence-electron chi connectivity index (χ1n) is 10.9. The molecule has 1 saturated carbocycles. The molecular weight excluding hydrogens is 514 g/mol. The number of nitrogens with one attached hydrogen (secondary N) is 1. The van der Waals surface area contributed by atoms with Gasteiger partial charge in [-0.1, -0.05) is 6.92 Å². The van der Waals surface area contributed by atoms with Gasteiger partial charge in [0.2, 0.25) is 0 Å². The van der Waals surface area contributed by atoms with E-state index in [1.807, 2.05) is 6.92 Å². The zero-order valence-electron chi connectivity index (χ0n) is 18.9. The molecule has 0 aromatic heterocycles. The van der Waals surface area contributed by atoms with Crippen molar-refractivity contribution < 1.29 is 28.5 Å². The third-order valence-corrected chi connectivity index (χ3v) is 6.39. The minimum absolute atomic E-state index is 0.0640. The van der Waals surface area contributed by atoms with Gasteiger partial charge in [-0.2, -0.15) is 0 Å². The molecule has 7 nitrogen and oxygen atoms in total. The van der Waals surface area contributed by atoms with Crippen molar-refractivity contribution in [3.05, 3.63) is 33.5 Å². The molecular formula is C24H27BrClNO6. The van der Waals surface area contributed by atoms with Crippen molar-refractivity contribution >= 4 is 45.2 Å². The number of benzene rings is 1. The second kappa shape index (κ2) is 11.3. The maximum atomic E-state index is 13.4. The highest BCUT2D eigenvalue weighted by Gasteiger charge is 2.51. The van der Waals surface area contributed by atoms with Gasteiger partial charge < -0.3 is 24.3 Å². The van der Waals surface area contributed by atoms with E-state index < -0.39 is 11.7 Å². The molecule has 2 atom stereocenters. The van der Waals surface area contributed by atoms with Crippen LogP contribution in [0.25, 0.3) is 5.57 Å². The highest BCUT2D eigenvalue weighted by molar-refractivity contribution is 9.10. The van der Waals surface area contributed by atoms with Crippen molar-refractivity contribution in [1.29, 1.82) is 0 Å². The van der Waals surface area contributed by atoms with Gasteiger partial charge in [0.1, 0.15) is 11.3 Å². The molecule has 178 valence electrons. The smallest absolute Gasteiger partial charge is 0.496 e. The molecule has 0 saturated heterocycles. The average Bonchev–Trinajstić information content (AvgIpc) is 3.02. The molecule has 1 aromatic rings. The zero-order valence-corrected chi connectivity index (χ0v) is 21.2. The summed E-state index contributed by atoms with van der Waals surface area (Å²) in [6.45, 7) is 4.51. The monoisotopic (exact) mass is 539 g/mol. The Labute approximate surface area is 207 Å². The fraction of sp³-hybridized carbons (Fsp3) is 0.500. The third kappa shape index (κ3) is 5.48. The molecule has 9 heteroatoms. The molecule has 1 amide bonds. The molecule has 33 heavy (non-hydrogen) atoms. The summed E-state index contributed by atoms with van der Waals surface area (Å²) < 4.78 is 22.9. The van der Waals surface area contributed by atoms with Crippen LogP contribution >= 0.6 is 27.5 Å². The quantitative estimate of drug-likeness (QED) is 0.381. The number of hydrogen-bond donors (Lipinski definition) is 1. The third-order valence-electron chi connectivity index (χ3n) is 5.67. The van der Waals surface area contributed by atoms with Crippen LogP contribution in [-0.4, -0.2) is 44.0 Å². The predicted molar refractivity (Wildman–Crippen MR) is 128 cm³/mol. The van der Waals surface area contributed by atoms with Crippen LogP contribution in [0.5, 0.6) is 5.75 Å². The molecule has 1 spiro atoms. The van der Waals surface area contributed by atoms with Crippen LogP contribution in [0, 0.1) is 11.3 Å². The number of rotatable bonds is 7. The Morgan fingerprint density at radius 3 is 2.82 bits per heavy atom. The molecule has 1 aliphatic carbocycles. The summed E-state index contributed by atoms with van der Waals surface area (Å²) in [4.78, 5) is 25.8. The van der Waals surface area contributed by atoms with E-state index in [4.69, 9.17) is 30.5 Å². The van der Waals surface area contributed by atoms with Gasteiger partial charge in [-0.05, 0) is 78.2 Å². The number of hydrogen-bond acceptors (Lipinski definition) is 6. The second-order valence-electron chi connectivity index (χ2n) is 7.87. The Kier molecular flexibility index (Phi) is 8.69. The molecule has 0 bridgehead atoms. The van der Waals surface area contributed by atoms with Gasteiger partial charge in [0.25, 0.3) is 5.91 Å². The fourth-order valence-electron chi connectivity index (χ4n) is 4.37. The van der Waals surface area contributed by atoms with Gasteiger partial charge in [0.05, 0.1) is 25.4 Å². The Balaban J connectivity index is 2.16. The summed E-state index contributed by atoms with van der Waals surface area (Å²) in [7, 11) is 1.49. The van der Waals surface area contributed by atoms with Crippen LogP contribution in [0.4, 0.5) is 4.79 Å². The van der Waals surface area contributed by atoms with E-state index in [1.165, 1.54) is 7.11 Å². The van der Waals surface area contributed by atoms with E-state index in [-0.39, 0.29) is 30.0 Å². The van der Waals surface area contributed by atoms with Crippen LogP contribution in [0.1, 0.15) is 57.1 Å². The van der Waals surface area contributed by atoms with Crippen molar-refractivity contribution in [2.45, 2.75) is 57.6 Å². The van der Waals surface area contributed by atoms with Gasteiger partial charge in [0, 0.05) is 34.0 Å². The minimum Gasteiger partial charge on any atom is -0.496 e. The lowest BCUT2D eigenvalue weighted by Crippen LogP contribution is -2.50. The number of carbonyl (C=O) groups excluding carboxylic acids is 2. The van der Waals surface area contributed by atoms with E-state index in [9.17, 15) is 9.59 Å². The highest BCUT2D eigenvalue weighted by Crippen LogP contribution is 2.47. The lowest BCUT2D eigenvalue weighted by atomic mass is 9.78. The summed E-state index contributed by atoms with van der Waals surface area (Å²) in [5.41, 5.74) is 0.399. The van der Waals surface area contributed by atoms with E-state index >= 15 is 0 Å². The summed E-state index contributed by atoms with van der Waals surface area (Å²) in [6, 6.07) is 3.41. The SMILES string of the molecule is CCCOC1CCCC2(C1)NC(=O)C(c1c(Br)cc(C#CCl)cc1OC)=C2OC(=O)OCC. The molecule has 1 aromatic carbocycles. The molecule has 2 unspecified atom stereocenters. The van der Waals surface area contributed by atoms with E-state index in [2.05, 4.69) is 32.5 Å². The number of methoxy groups -OCH3 is 1. The number of amides is 1. The van der Waals surface area contributed by atoms with Crippen molar-refractivity contribution in [3.63, 3.8) is 0 Å². The Bertz CT molecular complexity index is 1010. The summed E-state index contributed by atoms with van der Waals surface area (Å²) in [5.74, 6) is 3.02. The molecule has 1 heterocycles. The number of ether oxygens (including phenoxy) is 4. The molecule has 1 fully saturated rings. The molecule has 3 rings (SSSR count). The first kappa shape index (κ1) is 25.4. The predicted octanol–water partition coefficient (Wildman–Crippen LogP) is 5.13. The molecule has 1 N–H and O–H groups in total. The van der Waals surface area contributed by atoms with Crippen LogP contribution in [-0.2, 0) is 19.0 Å². The average molecular weight is 541 g/mol. The van der Waals surface area contributed by atoms with Crippen molar-refractivity contribution in [1.82, 2.24) is 5.32 Å². The van der Waals surface area contributed by atoms with Crippen molar-refractivity contribution in [2.24, 2.45) is 0 Å². The second-order valence-corrected chi connectivity index (χ2v) is 8.91. The van der Waals surface area contributed by atoms with Gasteiger partial charge in [-0.25, -0.2) is 4.79 Å². The Morgan fingerprint density at radius 2 is 2.15 bits per heavy atom. The van der Waals surface area contributed by atoms with E-state index in [1.54, 1.807) is 19.1 Å². The summed E-state index contributed by atoms with van der Waals surface area (Å²) in [6.07, 6.45) is 2.75. The number of halogens is 2. The first-order valence-corrected chi connectivity index (χ1v) is 12.1. The minimum atomic E-state index is -0.880. The maximum absolute atomic E-state index is 13.4. The van der Waals surface area contributed by atoms with E-state index in [0.29, 0.717) is 40.8 Å². The van der Waals surface area contributed by atoms with Gasteiger partial charge in [-0.3, -0.25) is 4.79 Å². The topological polar surface area (TPSA) is 83.1 Å². The highest BCUT2D eigenvalue weighted by atomic mass is 79.9. The molecule has 0 radical (unpaired) electrons. The normalized spacial score (nSPS) is 22.0. The van der Waals surface area contributed by atoms with Gasteiger partial charge in [0.15, 0.2) is 5.76 Å². The number of carbonyl (C=O) groups is 2. The van der Waals surface area contributed by atoms with Crippen molar-refractivity contribution in [3.8, 4) is 17.0 Å². The molecule has 1 aliphatic heterocycles. The lowest BCUT2D eigenvalue weighted by molar-refractivity contribution is -0.117. The summed E-state index contributed by atoms with van der Waals surface area (Å²) in [5, 5.41) is 5.42. The van der Waals surface area contributed by atoms with Crippen LogP contribution in [0.2, 0.25) is 0 Å². The van der Waals surface area contributed by atoms with Crippen LogP contribution in [0.15, 0.2) is 22.4 Å². The Hall–Kier alpha value is -2.21. The Morgan fingerprint density at radius 1 is 1.36 bits per heavy atom. The van der Waals surface area contributed by atoms with E-state index in [0.717, 1.165) is 19.3 Å².